The summed E-state index contributed by atoms with van der Waals surface area (Å²) >= 11 is 0. The molecule has 4 nitrogen and oxygen atoms in total. The monoisotopic (exact) mass is 287 g/mol. The largest absolute Gasteiger partial charge is 0.493 e. The second-order valence-corrected chi connectivity index (χ2v) is 5.51. The van der Waals surface area contributed by atoms with Crippen molar-refractivity contribution in [3.8, 4) is 17.4 Å². The Morgan fingerprint density at radius 2 is 1.76 bits per heavy atom. The number of aromatic nitrogens is 1. The van der Waals surface area contributed by atoms with Crippen LogP contribution in [0.3, 0.4) is 0 Å². The van der Waals surface area contributed by atoms with Crippen molar-refractivity contribution in [2.24, 2.45) is 5.92 Å². The summed E-state index contributed by atoms with van der Waals surface area (Å²) in [4.78, 5) is 4.56. The van der Waals surface area contributed by atoms with Gasteiger partial charge in [-0.2, -0.15) is 0 Å². The van der Waals surface area contributed by atoms with Crippen LogP contribution in [0.25, 0.3) is 10.9 Å². The maximum absolute atomic E-state index is 5.84. The molecule has 3 rings (SSSR count). The first-order chi connectivity index (χ1) is 10.3. The first-order valence-electron chi connectivity index (χ1n) is 7.45. The van der Waals surface area contributed by atoms with Gasteiger partial charge in [0.15, 0.2) is 11.5 Å². The van der Waals surface area contributed by atoms with Crippen LogP contribution in [0, 0.1) is 5.92 Å². The van der Waals surface area contributed by atoms with E-state index in [9.17, 15) is 0 Å². The van der Waals surface area contributed by atoms with E-state index in [1.807, 2.05) is 24.3 Å². The zero-order valence-corrected chi connectivity index (χ0v) is 12.6. The highest BCUT2D eigenvalue weighted by Crippen LogP contribution is 2.32. The molecule has 0 unspecified atom stereocenters. The third-order valence-electron chi connectivity index (χ3n) is 4.11. The van der Waals surface area contributed by atoms with Gasteiger partial charge >= 0.3 is 0 Å². The average Bonchev–Trinajstić information content (AvgIpc) is 3.04. The molecule has 0 bridgehead atoms. The van der Waals surface area contributed by atoms with Crippen molar-refractivity contribution >= 4 is 10.9 Å². The molecule has 1 aliphatic rings. The number of pyridine rings is 1. The number of rotatable bonds is 5. The highest BCUT2D eigenvalue weighted by atomic mass is 16.5. The molecule has 0 atom stereocenters. The molecular formula is C17H21NO3. The van der Waals surface area contributed by atoms with Gasteiger partial charge in [0, 0.05) is 17.5 Å². The number of ether oxygens (including phenoxy) is 3. The van der Waals surface area contributed by atoms with Crippen molar-refractivity contribution < 1.29 is 14.2 Å². The highest BCUT2D eigenvalue weighted by molar-refractivity contribution is 5.83. The molecule has 0 spiro atoms. The fraction of sp³-hybridized carbons (Fsp3) is 0.471. The van der Waals surface area contributed by atoms with E-state index in [4.69, 9.17) is 14.2 Å². The van der Waals surface area contributed by atoms with Crippen LogP contribution >= 0.6 is 0 Å². The summed E-state index contributed by atoms with van der Waals surface area (Å²) in [7, 11) is 3.26. The van der Waals surface area contributed by atoms with Gasteiger partial charge in [0.1, 0.15) is 0 Å². The predicted molar refractivity (Wildman–Crippen MR) is 82.3 cm³/mol. The van der Waals surface area contributed by atoms with E-state index < -0.39 is 0 Å². The first-order valence-corrected chi connectivity index (χ1v) is 7.45. The topological polar surface area (TPSA) is 40.6 Å². The molecule has 0 radical (unpaired) electrons. The van der Waals surface area contributed by atoms with E-state index in [1.165, 1.54) is 25.7 Å². The second-order valence-electron chi connectivity index (χ2n) is 5.51. The molecule has 112 valence electrons. The van der Waals surface area contributed by atoms with Gasteiger partial charge in [-0.05, 0) is 30.9 Å². The fourth-order valence-electron chi connectivity index (χ4n) is 2.89. The Balaban J connectivity index is 1.81. The number of methoxy groups -OCH3 is 2. The summed E-state index contributed by atoms with van der Waals surface area (Å²) in [6.45, 7) is 0.770. The maximum atomic E-state index is 5.84. The lowest BCUT2D eigenvalue weighted by Gasteiger charge is -2.12. The number of nitrogens with zero attached hydrogens (tertiary/aromatic N) is 1. The van der Waals surface area contributed by atoms with Crippen LogP contribution in [0.4, 0.5) is 0 Å². The van der Waals surface area contributed by atoms with Crippen molar-refractivity contribution in [2.45, 2.75) is 25.7 Å². The van der Waals surface area contributed by atoms with E-state index in [0.717, 1.165) is 17.5 Å². The third-order valence-corrected chi connectivity index (χ3v) is 4.11. The summed E-state index contributed by atoms with van der Waals surface area (Å²) in [5.74, 6) is 2.77. The highest BCUT2D eigenvalue weighted by Gasteiger charge is 2.16. The average molecular weight is 287 g/mol. The minimum absolute atomic E-state index is 0.682. The van der Waals surface area contributed by atoms with Gasteiger partial charge < -0.3 is 14.2 Å². The van der Waals surface area contributed by atoms with Crippen LogP contribution < -0.4 is 14.2 Å². The summed E-state index contributed by atoms with van der Waals surface area (Å²) in [6.07, 6.45) is 5.21. The molecule has 0 aliphatic heterocycles. The van der Waals surface area contributed by atoms with E-state index in [2.05, 4.69) is 4.98 Å². The first kappa shape index (κ1) is 14.0. The van der Waals surface area contributed by atoms with Crippen LogP contribution in [0.1, 0.15) is 25.7 Å². The quantitative estimate of drug-likeness (QED) is 0.838. The van der Waals surface area contributed by atoms with Gasteiger partial charge in [0.25, 0.3) is 0 Å². The predicted octanol–water partition coefficient (Wildman–Crippen LogP) is 3.82. The Bertz CT molecular complexity index is 621. The lowest BCUT2D eigenvalue weighted by molar-refractivity contribution is 0.244. The normalized spacial score (nSPS) is 15.3. The van der Waals surface area contributed by atoms with Crippen LogP contribution in [0.5, 0.6) is 17.4 Å². The Kier molecular flexibility index (Phi) is 4.13. The number of hydrogen-bond donors (Lipinski definition) is 0. The molecule has 21 heavy (non-hydrogen) atoms. The number of fused-ring (bicyclic) bond motifs is 1. The van der Waals surface area contributed by atoms with Gasteiger partial charge in [-0.1, -0.05) is 12.8 Å². The van der Waals surface area contributed by atoms with Crippen LogP contribution in [-0.4, -0.2) is 25.8 Å². The van der Waals surface area contributed by atoms with E-state index in [0.29, 0.717) is 23.3 Å². The summed E-state index contributed by atoms with van der Waals surface area (Å²) in [6, 6.07) is 7.75. The van der Waals surface area contributed by atoms with Crippen molar-refractivity contribution in [3.05, 3.63) is 24.3 Å². The van der Waals surface area contributed by atoms with Gasteiger partial charge in [0.05, 0.1) is 26.3 Å². The van der Waals surface area contributed by atoms with Crippen molar-refractivity contribution in [1.29, 1.82) is 0 Å². The molecule has 1 aromatic heterocycles. The molecular weight excluding hydrogens is 266 g/mol. The summed E-state index contributed by atoms with van der Waals surface area (Å²) in [5.41, 5.74) is 0.858. The van der Waals surface area contributed by atoms with Crippen LogP contribution in [0.15, 0.2) is 24.3 Å². The second kappa shape index (κ2) is 6.20. The Labute approximate surface area is 125 Å². The fourth-order valence-corrected chi connectivity index (χ4v) is 2.89. The molecule has 0 N–H and O–H groups in total. The maximum Gasteiger partial charge on any atom is 0.213 e. The third kappa shape index (κ3) is 3.04. The zero-order chi connectivity index (χ0) is 14.7. The van der Waals surface area contributed by atoms with E-state index in [1.54, 1.807) is 14.2 Å². The standard InChI is InChI=1S/C17H21NO3/c1-19-15-9-13-7-8-17(18-14(13)10-16(15)20-2)21-11-12-5-3-4-6-12/h7-10,12H,3-6,11H2,1-2H3. The molecule has 1 fully saturated rings. The summed E-state index contributed by atoms with van der Waals surface area (Å²) in [5, 5.41) is 1.01. The Hall–Kier alpha value is -1.97. The minimum atomic E-state index is 0.682. The Morgan fingerprint density at radius 1 is 1.05 bits per heavy atom. The van der Waals surface area contributed by atoms with Crippen molar-refractivity contribution in [3.63, 3.8) is 0 Å². The summed E-state index contributed by atoms with van der Waals surface area (Å²) < 4.78 is 16.5. The van der Waals surface area contributed by atoms with Gasteiger partial charge in [-0.25, -0.2) is 4.98 Å². The van der Waals surface area contributed by atoms with Crippen LogP contribution in [-0.2, 0) is 0 Å². The molecule has 1 aliphatic carbocycles. The van der Waals surface area contributed by atoms with E-state index in [-0.39, 0.29) is 0 Å². The van der Waals surface area contributed by atoms with Crippen LogP contribution in [0.2, 0.25) is 0 Å². The van der Waals surface area contributed by atoms with Gasteiger partial charge in [-0.3, -0.25) is 0 Å². The molecule has 1 aromatic carbocycles. The van der Waals surface area contributed by atoms with Crippen molar-refractivity contribution in [1.82, 2.24) is 4.98 Å². The lowest BCUT2D eigenvalue weighted by atomic mass is 10.1. The molecule has 1 heterocycles. The SMILES string of the molecule is COc1cc2ccc(OCC3CCCC3)nc2cc1OC. The van der Waals surface area contributed by atoms with E-state index >= 15 is 0 Å². The Morgan fingerprint density at radius 3 is 2.48 bits per heavy atom. The molecule has 2 aromatic rings. The van der Waals surface area contributed by atoms with Gasteiger partial charge in [0.2, 0.25) is 5.88 Å². The molecule has 0 amide bonds. The number of hydrogen-bond acceptors (Lipinski definition) is 4. The smallest absolute Gasteiger partial charge is 0.213 e. The van der Waals surface area contributed by atoms with Gasteiger partial charge in [-0.15, -0.1) is 0 Å². The molecule has 1 saturated carbocycles. The molecule has 0 saturated heterocycles. The minimum Gasteiger partial charge on any atom is -0.493 e. The zero-order valence-electron chi connectivity index (χ0n) is 12.6. The lowest BCUT2D eigenvalue weighted by Crippen LogP contribution is -2.08. The van der Waals surface area contributed by atoms with Crippen molar-refractivity contribution in [2.75, 3.05) is 20.8 Å². The molecule has 4 heteroatoms. The number of benzene rings is 1.